The van der Waals surface area contributed by atoms with E-state index in [1.807, 2.05) is 43.3 Å². The minimum atomic E-state index is -4.13. The van der Waals surface area contributed by atoms with E-state index >= 15 is 9.13 Å². The molecule has 4 aromatic carbocycles. The van der Waals surface area contributed by atoms with Gasteiger partial charge in [0.15, 0.2) is 0 Å². The Morgan fingerprint density at radius 2 is 0.846 bits per heavy atom. The van der Waals surface area contributed by atoms with Crippen LogP contribution in [0.15, 0.2) is 97.1 Å². The van der Waals surface area contributed by atoms with Crippen LogP contribution in [-0.2, 0) is 9.13 Å². The molecule has 0 aromatic heterocycles. The lowest BCUT2D eigenvalue weighted by atomic mass is 10.3. The zero-order chi connectivity index (χ0) is 28.0. The molecule has 0 bridgehead atoms. The van der Waals surface area contributed by atoms with Gasteiger partial charge < -0.3 is 18.9 Å². The first-order valence-electron chi connectivity index (χ1n) is 12.4. The van der Waals surface area contributed by atoms with Crippen LogP contribution in [0.1, 0.15) is 6.92 Å². The number of methoxy groups -OCH3 is 4. The predicted octanol–water partition coefficient (Wildman–Crippen LogP) is 5.20. The molecular weight excluding hydrogens is 532 g/mol. The molecule has 0 saturated heterocycles. The van der Waals surface area contributed by atoms with Crippen LogP contribution >= 0.6 is 14.6 Å². The molecule has 0 aliphatic carbocycles. The fourth-order valence-electron chi connectivity index (χ4n) is 4.85. The third kappa shape index (κ3) is 4.87. The smallest absolute Gasteiger partial charge is 0.228 e. The molecule has 39 heavy (non-hydrogen) atoms. The molecule has 0 fully saturated rings. The van der Waals surface area contributed by atoms with Crippen molar-refractivity contribution in [2.24, 2.45) is 0 Å². The summed E-state index contributed by atoms with van der Waals surface area (Å²) >= 11 is 0. The minimum absolute atomic E-state index is 0.154. The highest BCUT2D eigenvalue weighted by Crippen LogP contribution is 2.67. The Balaban J connectivity index is 2.24. The average Bonchev–Trinajstić information content (AvgIpc) is 3.00. The number of rotatable bonds is 11. The second-order valence-electron chi connectivity index (χ2n) is 8.53. The number of ether oxygens (including phenoxy) is 4. The summed E-state index contributed by atoms with van der Waals surface area (Å²) in [5, 5.41) is 1.63. The Hall–Kier alpha value is -3.50. The van der Waals surface area contributed by atoms with Gasteiger partial charge in [0.25, 0.3) is 0 Å². The summed E-state index contributed by atoms with van der Waals surface area (Å²) in [7, 11) is -1.87. The normalized spacial score (nSPS) is 11.7. The third-order valence-corrected chi connectivity index (χ3v) is 14.0. The monoisotopic (exact) mass is 565 g/mol. The zero-order valence-electron chi connectivity index (χ0n) is 22.7. The number of nitrogens with zero attached hydrogens (tertiary/aromatic N) is 1. The molecule has 0 unspecified atom stereocenters. The predicted molar refractivity (Wildman–Crippen MR) is 158 cm³/mol. The van der Waals surface area contributed by atoms with Crippen LogP contribution in [0.25, 0.3) is 0 Å². The van der Waals surface area contributed by atoms with Crippen LogP contribution in [0.5, 0.6) is 23.0 Å². The first kappa shape index (κ1) is 28.5. The van der Waals surface area contributed by atoms with E-state index in [2.05, 4.69) is 0 Å². The molecular formula is C30H33NO6P2. The summed E-state index contributed by atoms with van der Waals surface area (Å²) < 4.78 is 56.7. The van der Waals surface area contributed by atoms with Crippen LogP contribution in [0.2, 0.25) is 0 Å². The van der Waals surface area contributed by atoms with Gasteiger partial charge in [-0.15, -0.1) is 0 Å². The minimum Gasteiger partial charge on any atom is -0.496 e. The molecule has 7 nitrogen and oxygen atoms in total. The number of benzene rings is 4. The second kappa shape index (κ2) is 12.1. The summed E-state index contributed by atoms with van der Waals surface area (Å²) in [5.74, 6) is 1.32. The second-order valence-corrected chi connectivity index (χ2v) is 14.0. The largest absolute Gasteiger partial charge is 0.496 e. The van der Waals surface area contributed by atoms with Gasteiger partial charge in [-0.3, -0.25) is 9.13 Å². The van der Waals surface area contributed by atoms with Gasteiger partial charge in [-0.2, -0.15) is 4.44 Å². The zero-order valence-corrected chi connectivity index (χ0v) is 24.5. The number of hydrogen-bond acceptors (Lipinski definition) is 6. The van der Waals surface area contributed by atoms with Crippen LogP contribution in [0.3, 0.4) is 0 Å². The molecule has 4 aromatic rings. The lowest BCUT2D eigenvalue weighted by Crippen LogP contribution is -2.38. The van der Waals surface area contributed by atoms with Gasteiger partial charge >= 0.3 is 0 Å². The van der Waals surface area contributed by atoms with Crippen molar-refractivity contribution in [1.82, 2.24) is 4.44 Å². The van der Waals surface area contributed by atoms with Crippen LogP contribution in [0.4, 0.5) is 0 Å². The maximum Gasteiger partial charge on any atom is 0.228 e. The van der Waals surface area contributed by atoms with E-state index in [-0.39, 0.29) is 17.2 Å². The lowest BCUT2D eigenvalue weighted by Gasteiger charge is -2.39. The Morgan fingerprint density at radius 3 is 1.13 bits per heavy atom. The molecule has 9 heteroatoms. The van der Waals surface area contributed by atoms with Gasteiger partial charge in [0.1, 0.15) is 33.6 Å². The fraction of sp³-hybridized carbons (Fsp3) is 0.200. The van der Waals surface area contributed by atoms with Crippen LogP contribution < -0.4 is 40.2 Å². The van der Waals surface area contributed by atoms with E-state index in [0.717, 1.165) is 0 Å². The Bertz CT molecular complexity index is 1360. The van der Waals surface area contributed by atoms with Gasteiger partial charge in [-0.25, -0.2) is 0 Å². The van der Waals surface area contributed by atoms with Crippen molar-refractivity contribution in [2.45, 2.75) is 6.92 Å². The van der Waals surface area contributed by atoms with E-state index in [1.54, 1.807) is 65.1 Å². The SMILES string of the molecule is CCN(P(=O)(c1ccccc1)c1ccccc1)P(=O)(c1c(OC)cccc1OC)c1c(OC)cccc1OC. The van der Waals surface area contributed by atoms with Gasteiger partial charge in [-0.05, 0) is 48.5 Å². The molecule has 0 radical (unpaired) electrons. The van der Waals surface area contributed by atoms with Crippen molar-refractivity contribution in [1.29, 1.82) is 0 Å². The first-order valence-corrected chi connectivity index (χ1v) is 15.8. The molecule has 0 saturated carbocycles. The highest BCUT2D eigenvalue weighted by molar-refractivity contribution is 7.90. The maximum absolute atomic E-state index is 16.3. The molecule has 0 atom stereocenters. The van der Waals surface area contributed by atoms with E-state index in [0.29, 0.717) is 33.6 Å². The Labute approximate surface area is 230 Å². The molecule has 204 valence electrons. The van der Waals surface area contributed by atoms with Crippen LogP contribution in [0, 0.1) is 0 Å². The fourth-order valence-corrected chi connectivity index (χ4v) is 12.8. The molecule has 0 aliphatic rings. The first-order chi connectivity index (χ1) is 18.9. The highest BCUT2D eigenvalue weighted by atomic mass is 31.2. The van der Waals surface area contributed by atoms with Crippen molar-refractivity contribution in [3.63, 3.8) is 0 Å². The lowest BCUT2D eigenvalue weighted by molar-refractivity contribution is 0.396. The highest BCUT2D eigenvalue weighted by Gasteiger charge is 2.51. The molecule has 0 aliphatic heterocycles. The Kier molecular flexibility index (Phi) is 8.87. The molecule has 0 N–H and O–H groups in total. The number of hydrogen-bond donors (Lipinski definition) is 0. The van der Waals surface area contributed by atoms with Crippen molar-refractivity contribution in [2.75, 3.05) is 35.0 Å². The average molecular weight is 566 g/mol. The van der Waals surface area contributed by atoms with Gasteiger partial charge in [0.2, 0.25) is 14.6 Å². The van der Waals surface area contributed by atoms with Crippen LogP contribution in [-0.4, -0.2) is 39.4 Å². The summed E-state index contributed by atoms with van der Waals surface area (Å²) in [6.07, 6.45) is 0. The quantitative estimate of drug-likeness (QED) is 0.232. The standard InChI is InChI=1S/C30H33NO6P2/c1-6-31(38(32,23-15-9-7-10-16-23)24-17-11-8-12-18-24)39(33,29-25(34-2)19-13-20-26(29)35-3)30-27(36-4)21-14-22-28(30)37-5/h7-22H,6H2,1-5H3. The van der Waals surface area contributed by atoms with E-state index < -0.39 is 14.6 Å². The van der Waals surface area contributed by atoms with Gasteiger partial charge in [-0.1, -0.05) is 55.5 Å². The summed E-state index contributed by atoms with van der Waals surface area (Å²) in [6.45, 7) is 2.00. The third-order valence-electron chi connectivity index (χ3n) is 6.56. The molecule has 0 amide bonds. The summed E-state index contributed by atoms with van der Waals surface area (Å²) in [6, 6.07) is 28.7. The summed E-state index contributed by atoms with van der Waals surface area (Å²) in [4.78, 5) is 0. The van der Waals surface area contributed by atoms with Crippen molar-refractivity contribution < 1.29 is 28.1 Å². The van der Waals surface area contributed by atoms with E-state index in [1.165, 1.54) is 28.4 Å². The molecule has 4 rings (SSSR count). The molecule has 0 heterocycles. The van der Waals surface area contributed by atoms with E-state index in [9.17, 15) is 0 Å². The summed E-state index contributed by atoms with van der Waals surface area (Å²) in [5.41, 5.74) is 0. The van der Waals surface area contributed by atoms with Gasteiger partial charge in [0.05, 0.1) is 28.4 Å². The van der Waals surface area contributed by atoms with Gasteiger partial charge in [0, 0.05) is 17.2 Å². The van der Waals surface area contributed by atoms with Crippen molar-refractivity contribution in [3.05, 3.63) is 97.1 Å². The van der Waals surface area contributed by atoms with Crippen molar-refractivity contribution >= 4 is 35.8 Å². The topological polar surface area (TPSA) is 74.3 Å². The van der Waals surface area contributed by atoms with Crippen molar-refractivity contribution in [3.8, 4) is 23.0 Å². The maximum atomic E-state index is 16.3. The molecule has 0 spiro atoms. The Morgan fingerprint density at radius 1 is 0.513 bits per heavy atom. The van der Waals surface area contributed by atoms with E-state index in [4.69, 9.17) is 18.9 Å².